The first-order valence-corrected chi connectivity index (χ1v) is 9.02. The standard InChI is InChI=1S/C18H26N4S/c1-5-19-18(21-14(4)13(2)3)20-11-16-12-23-17(22-16)15-9-7-6-8-10-15/h6-10,12-14H,5,11H2,1-4H3,(H2,19,20,21). The Bertz CT molecular complexity index is 619. The molecule has 4 nitrogen and oxygen atoms in total. The maximum absolute atomic E-state index is 4.68. The van der Waals surface area contributed by atoms with Crippen molar-refractivity contribution in [3.63, 3.8) is 0 Å². The molecule has 2 N–H and O–H groups in total. The molecule has 0 bridgehead atoms. The lowest BCUT2D eigenvalue weighted by atomic mass is 10.1. The van der Waals surface area contributed by atoms with Crippen molar-refractivity contribution in [1.82, 2.24) is 15.6 Å². The molecule has 1 unspecified atom stereocenters. The average Bonchev–Trinajstić information content (AvgIpc) is 3.02. The maximum Gasteiger partial charge on any atom is 0.191 e. The summed E-state index contributed by atoms with van der Waals surface area (Å²) < 4.78 is 0. The monoisotopic (exact) mass is 330 g/mol. The minimum atomic E-state index is 0.378. The average molecular weight is 331 g/mol. The number of nitrogens with one attached hydrogen (secondary N) is 2. The topological polar surface area (TPSA) is 49.3 Å². The Balaban J connectivity index is 2.03. The molecule has 2 aromatic rings. The Hall–Kier alpha value is -1.88. The number of benzene rings is 1. The van der Waals surface area contributed by atoms with Crippen molar-refractivity contribution in [2.45, 2.75) is 40.3 Å². The summed E-state index contributed by atoms with van der Waals surface area (Å²) >= 11 is 1.67. The SMILES string of the molecule is CCNC(=NCc1csc(-c2ccccc2)n1)NC(C)C(C)C. The highest BCUT2D eigenvalue weighted by molar-refractivity contribution is 7.13. The third-order valence-corrected chi connectivity index (χ3v) is 4.62. The Morgan fingerprint density at radius 1 is 1.22 bits per heavy atom. The van der Waals surface area contributed by atoms with Crippen LogP contribution in [0.15, 0.2) is 40.7 Å². The molecule has 23 heavy (non-hydrogen) atoms. The third kappa shape index (κ3) is 5.36. The molecule has 0 aliphatic carbocycles. The lowest BCUT2D eigenvalue weighted by Gasteiger charge is -2.20. The van der Waals surface area contributed by atoms with Crippen LogP contribution in [0.25, 0.3) is 10.6 Å². The van der Waals surface area contributed by atoms with Gasteiger partial charge >= 0.3 is 0 Å². The van der Waals surface area contributed by atoms with Crippen molar-refractivity contribution >= 4 is 17.3 Å². The third-order valence-electron chi connectivity index (χ3n) is 3.68. The lowest BCUT2D eigenvalue weighted by Crippen LogP contribution is -2.44. The first-order chi connectivity index (χ1) is 11.1. The highest BCUT2D eigenvalue weighted by Gasteiger charge is 2.09. The lowest BCUT2D eigenvalue weighted by molar-refractivity contribution is 0.481. The summed E-state index contributed by atoms with van der Waals surface area (Å²) in [4.78, 5) is 9.33. The fourth-order valence-electron chi connectivity index (χ4n) is 1.96. The molecule has 1 atom stereocenters. The van der Waals surface area contributed by atoms with Gasteiger partial charge in [-0.15, -0.1) is 11.3 Å². The maximum atomic E-state index is 4.68. The number of aliphatic imine (C=N–C) groups is 1. The summed E-state index contributed by atoms with van der Waals surface area (Å²) in [6, 6.07) is 10.6. The zero-order valence-corrected chi connectivity index (χ0v) is 15.2. The Labute approximate surface area is 143 Å². The van der Waals surface area contributed by atoms with Crippen molar-refractivity contribution in [3.05, 3.63) is 41.4 Å². The van der Waals surface area contributed by atoms with Crippen molar-refractivity contribution < 1.29 is 0 Å². The van der Waals surface area contributed by atoms with Crippen LogP contribution < -0.4 is 10.6 Å². The van der Waals surface area contributed by atoms with E-state index >= 15 is 0 Å². The molecule has 0 aliphatic heterocycles. The van der Waals surface area contributed by atoms with E-state index in [-0.39, 0.29) is 0 Å². The van der Waals surface area contributed by atoms with E-state index in [0.717, 1.165) is 28.8 Å². The van der Waals surface area contributed by atoms with Crippen molar-refractivity contribution in [3.8, 4) is 10.6 Å². The van der Waals surface area contributed by atoms with Crippen molar-refractivity contribution in [2.24, 2.45) is 10.9 Å². The van der Waals surface area contributed by atoms with Crippen molar-refractivity contribution in [1.29, 1.82) is 0 Å². The van der Waals surface area contributed by atoms with E-state index in [1.807, 2.05) is 18.2 Å². The molecule has 2 rings (SSSR count). The normalized spacial score (nSPS) is 13.2. The Kier molecular flexibility index (Phi) is 6.59. The van der Waals surface area contributed by atoms with E-state index in [1.54, 1.807) is 11.3 Å². The zero-order valence-electron chi connectivity index (χ0n) is 14.3. The second-order valence-electron chi connectivity index (χ2n) is 5.88. The van der Waals surface area contributed by atoms with E-state index in [4.69, 9.17) is 0 Å². The highest BCUT2D eigenvalue weighted by atomic mass is 32.1. The number of thiazole rings is 1. The van der Waals surface area contributed by atoms with Gasteiger partial charge in [-0.1, -0.05) is 44.2 Å². The molecule has 0 spiro atoms. The van der Waals surface area contributed by atoms with Crippen LogP contribution in [-0.2, 0) is 6.54 Å². The molecule has 1 aromatic carbocycles. The highest BCUT2D eigenvalue weighted by Crippen LogP contribution is 2.23. The molecule has 0 amide bonds. The molecule has 0 saturated heterocycles. The van der Waals surface area contributed by atoms with Gasteiger partial charge in [0.25, 0.3) is 0 Å². The van der Waals surface area contributed by atoms with Gasteiger partial charge < -0.3 is 10.6 Å². The quantitative estimate of drug-likeness (QED) is 0.623. The van der Waals surface area contributed by atoms with E-state index in [0.29, 0.717) is 18.5 Å². The molecule has 0 fully saturated rings. The molecular weight excluding hydrogens is 304 g/mol. The summed E-state index contributed by atoms with van der Waals surface area (Å²) in [6.45, 7) is 10.1. The Morgan fingerprint density at radius 2 is 1.96 bits per heavy atom. The molecule has 0 saturated carbocycles. The number of aromatic nitrogens is 1. The molecule has 124 valence electrons. The smallest absolute Gasteiger partial charge is 0.191 e. The predicted molar refractivity (Wildman–Crippen MR) is 99.8 cm³/mol. The van der Waals surface area contributed by atoms with Crippen LogP contribution in [-0.4, -0.2) is 23.5 Å². The van der Waals surface area contributed by atoms with Gasteiger partial charge in [0.15, 0.2) is 5.96 Å². The largest absolute Gasteiger partial charge is 0.357 e. The molecule has 0 radical (unpaired) electrons. The van der Waals surface area contributed by atoms with Gasteiger partial charge in [-0.25, -0.2) is 9.98 Å². The first-order valence-electron chi connectivity index (χ1n) is 8.14. The van der Waals surface area contributed by atoms with Gasteiger partial charge in [-0.3, -0.25) is 0 Å². The fourth-order valence-corrected chi connectivity index (χ4v) is 2.77. The van der Waals surface area contributed by atoms with Crippen LogP contribution in [0.2, 0.25) is 0 Å². The number of rotatable bonds is 6. The van der Waals surface area contributed by atoms with Gasteiger partial charge in [0.05, 0.1) is 12.2 Å². The van der Waals surface area contributed by atoms with Gasteiger partial charge in [0.2, 0.25) is 0 Å². The van der Waals surface area contributed by atoms with E-state index in [9.17, 15) is 0 Å². The van der Waals surface area contributed by atoms with E-state index < -0.39 is 0 Å². The second-order valence-corrected chi connectivity index (χ2v) is 6.74. The zero-order chi connectivity index (χ0) is 16.7. The van der Waals surface area contributed by atoms with Crippen LogP contribution >= 0.6 is 11.3 Å². The van der Waals surface area contributed by atoms with Gasteiger partial charge in [-0.2, -0.15) is 0 Å². The van der Waals surface area contributed by atoms with Crippen LogP contribution in [0.1, 0.15) is 33.4 Å². The van der Waals surface area contributed by atoms with Crippen LogP contribution in [0.5, 0.6) is 0 Å². The van der Waals surface area contributed by atoms with E-state index in [2.05, 4.69) is 65.8 Å². The molecule has 5 heteroatoms. The van der Waals surface area contributed by atoms with E-state index in [1.165, 1.54) is 0 Å². The number of nitrogens with zero attached hydrogens (tertiary/aromatic N) is 2. The summed E-state index contributed by atoms with van der Waals surface area (Å²) in [5.41, 5.74) is 2.16. The van der Waals surface area contributed by atoms with Crippen LogP contribution in [0.4, 0.5) is 0 Å². The number of hydrogen-bond donors (Lipinski definition) is 2. The molecule has 1 aromatic heterocycles. The summed E-state index contributed by atoms with van der Waals surface area (Å²) in [5, 5.41) is 9.86. The second kappa shape index (κ2) is 8.67. The first kappa shape index (κ1) is 17.5. The van der Waals surface area contributed by atoms with Crippen LogP contribution in [0, 0.1) is 5.92 Å². The molecule has 1 heterocycles. The van der Waals surface area contributed by atoms with Gasteiger partial charge in [0.1, 0.15) is 5.01 Å². The minimum absolute atomic E-state index is 0.378. The van der Waals surface area contributed by atoms with Crippen molar-refractivity contribution in [2.75, 3.05) is 6.54 Å². The van der Waals surface area contributed by atoms with Crippen LogP contribution in [0.3, 0.4) is 0 Å². The number of guanidine groups is 1. The summed E-state index contributed by atoms with van der Waals surface area (Å²) in [6.07, 6.45) is 0. The van der Waals surface area contributed by atoms with Gasteiger partial charge in [0, 0.05) is 23.5 Å². The van der Waals surface area contributed by atoms with Gasteiger partial charge in [-0.05, 0) is 19.8 Å². The minimum Gasteiger partial charge on any atom is -0.357 e. The fraction of sp³-hybridized carbons (Fsp3) is 0.444. The Morgan fingerprint density at radius 3 is 2.61 bits per heavy atom. The predicted octanol–water partition coefficient (Wildman–Crippen LogP) is 3.91. The molecular formula is C18H26N4S. The summed E-state index contributed by atoms with van der Waals surface area (Å²) in [7, 11) is 0. The molecule has 0 aliphatic rings. The number of hydrogen-bond acceptors (Lipinski definition) is 3. The summed E-state index contributed by atoms with van der Waals surface area (Å²) in [5.74, 6) is 1.41.